The van der Waals surface area contributed by atoms with Crippen molar-refractivity contribution in [1.29, 1.82) is 0 Å². The molecule has 0 aliphatic rings. The molecule has 0 aromatic heterocycles. The zero-order valence-electron chi connectivity index (χ0n) is 8.33. The molecule has 0 rings (SSSR count). The van der Waals surface area contributed by atoms with Crippen LogP contribution in [0.2, 0.25) is 0 Å². The van der Waals surface area contributed by atoms with Gasteiger partial charge in [0.2, 0.25) is 0 Å². The van der Waals surface area contributed by atoms with Crippen molar-refractivity contribution < 1.29 is 49.6 Å². The quantitative estimate of drug-likeness (QED) is 0.288. The first kappa shape index (κ1) is 21.9. The van der Waals surface area contributed by atoms with Crippen molar-refractivity contribution in [3.05, 3.63) is 0 Å². The van der Waals surface area contributed by atoms with Crippen LogP contribution in [0.5, 0.6) is 0 Å². The van der Waals surface area contributed by atoms with E-state index in [0.29, 0.717) is 0 Å². The molecule has 15 heteroatoms. The summed E-state index contributed by atoms with van der Waals surface area (Å²) in [6.07, 6.45) is 0. The second kappa shape index (κ2) is 7.21. The molecule has 0 saturated carbocycles. The standard InChI is InChI=1S/Al.Mg.H5O10P3.5H/c;;1-11(2,3)9-13(7,8)10-12(4,5)6;;;;;/h;;(H,7,8)(H2,1,2,3)(H2,4,5,6);;;;;/q;+2;;;;;2*-1. The van der Waals surface area contributed by atoms with Gasteiger partial charge in [-0.05, 0) is 0 Å². The van der Waals surface area contributed by atoms with E-state index in [-0.39, 0.29) is 43.3 Å². The van der Waals surface area contributed by atoms with Gasteiger partial charge in [0, 0.05) is 0 Å². The molecule has 0 atom stereocenters. The van der Waals surface area contributed by atoms with Gasteiger partial charge >= 0.3 is 46.5 Å². The maximum absolute atomic E-state index is 10.4. The maximum Gasteiger partial charge on any atom is 2.00 e. The first-order valence-electron chi connectivity index (χ1n) is 2.28. The van der Waals surface area contributed by atoms with Gasteiger partial charge in [0.15, 0.2) is 17.4 Å². The van der Waals surface area contributed by atoms with Crippen molar-refractivity contribution in [1.82, 2.24) is 0 Å². The Bertz CT molecular complexity index is 292. The number of rotatable bonds is 4. The van der Waals surface area contributed by atoms with E-state index in [1.165, 1.54) is 0 Å². The third-order valence-electron chi connectivity index (χ3n) is 0.419. The zero-order chi connectivity index (χ0) is 10.9. The van der Waals surface area contributed by atoms with Crippen LogP contribution in [0.25, 0.3) is 0 Å². The van der Waals surface area contributed by atoms with Gasteiger partial charge in [0.05, 0.1) is 0 Å². The minimum atomic E-state index is -5.46. The van der Waals surface area contributed by atoms with E-state index in [0.717, 1.165) is 0 Å². The molecule has 0 aromatic carbocycles. The summed E-state index contributed by atoms with van der Waals surface area (Å²) < 4.78 is 36.4. The molecule has 90 valence electrons. The molecular weight excluding hydrogens is 304 g/mol. The summed E-state index contributed by atoms with van der Waals surface area (Å²) >= 11 is 0. The minimum Gasteiger partial charge on any atom is -1.00 e. The Morgan fingerprint density at radius 3 is 1.13 bits per heavy atom. The third-order valence-corrected chi connectivity index (χ3v) is 3.77. The van der Waals surface area contributed by atoms with Crippen LogP contribution in [-0.4, -0.2) is 64.9 Å². The van der Waals surface area contributed by atoms with Crippen LogP contribution in [0, 0.1) is 0 Å². The Hall–Kier alpha value is 1.71. The molecule has 0 aromatic rings. The first-order chi connectivity index (χ1) is 5.41. The molecule has 0 radical (unpaired) electrons. The third kappa shape index (κ3) is 15.7. The number of phosphoric acid groups is 3. The van der Waals surface area contributed by atoms with Gasteiger partial charge in [-0.25, -0.2) is 13.7 Å². The smallest absolute Gasteiger partial charge is 1.00 e. The fraction of sp³-hybridized carbons (Fsp3) is 0. The van der Waals surface area contributed by atoms with Crippen LogP contribution in [0.4, 0.5) is 0 Å². The normalized spacial score (nSPS) is 12.6. The largest absolute Gasteiger partial charge is 2.00 e. The fourth-order valence-corrected chi connectivity index (χ4v) is 2.82. The zero-order valence-corrected chi connectivity index (χ0v) is 10.4. The van der Waals surface area contributed by atoms with E-state index < -0.39 is 23.5 Å². The second-order valence-corrected chi connectivity index (χ2v) is 5.82. The van der Waals surface area contributed by atoms with Crippen LogP contribution >= 0.6 is 23.5 Å². The molecule has 10 nitrogen and oxygen atoms in total. The molecule has 0 unspecified atom stereocenters. The van der Waals surface area contributed by atoms with E-state index in [1.807, 2.05) is 0 Å². The summed E-state index contributed by atoms with van der Waals surface area (Å²) in [5, 5.41) is 0. The van der Waals surface area contributed by atoms with E-state index in [4.69, 9.17) is 24.5 Å². The Morgan fingerprint density at radius 1 is 0.800 bits per heavy atom. The van der Waals surface area contributed by atoms with Crippen LogP contribution in [0.15, 0.2) is 0 Å². The molecule has 0 bridgehead atoms. The Morgan fingerprint density at radius 2 is 1.00 bits per heavy atom. The van der Waals surface area contributed by atoms with Gasteiger partial charge in [-0.15, -0.1) is 0 Å². The predicted molar refractivity (Wildman–Crippen MR) is 54.0 cm³/mol. The molecule has 0 fully saturated rings. The van der Waals surface area contributed by atoms with Crippen LogP contribution in [-0.2, 0) is 22.3 Å². The second-order valence-electron chi connectivity index (χ2n) is 1.61. The van der Waals surface area contributed by atoms with Crippen molar-refractivity contribution in [2.75, 3.05) is 0 Å². The van der Waals surface area contributed by atoms with Gasteiger partial charge in [0.25, 0.3) is 0 Å². The van der Waals surface area contributed by atoms with Crippen LogP contribution < -0.4 is 0 Å². The van der Waals surface area contributed by atoms with E-state index in [2.05, 4.69) is 8.62 Å². The summed E-state index contributed by atoms with van der Waals surface area (Å²) in [6.45, 7) is 0. The van der Waals surface area contributed by atoms with Gasteiger partial charge in [0.1, 0.15) is 0 Å². The summed E-state index contributed by atoms with van der Waals surface area (Å²) in [6, 6.07) is 0. The van der Waals surface area contributed by atoms with Crippen molar-refractivity contribution >= 4 is 63.9 Å². The van der Waals surface area contributed by atoms with E-state index in [9.17, 15) is 13.7 Å². The molecule has 0 aliphatic heterocycles. The molecular formula is H10AlMgO10P3. The molecule has 0 saturated heterocycles. The average Bonchev–Trinajstić information content (AvgIpc) is 1.43. The first-order valence-corrected chi connectivity index (χ1v) is 6.83. The van der Waals surface area contributed by atoms with Crippen molar-refractivity contribution in [2.24, 2.45) is 0 Å². The van der Waals surface area contributed by atoms with Crippen molar-refractivity contribution in [2.45, 2.75) is 0 Å². The Balaban J connectivity index is -0.000000120. The SMILES string of the molecule is O=P(O)(O)OP(=O)(O)OP(=O)(O)O.[AlH3].[H-].[H-].[Mg+2]. The Kier molecular flexibility index (Phi) is 10.5. The van der Waals surface area contributed by atoms with Gasteiger partial charge < -0.3 is 27.3 Å². The topological polar surface area (TPSA) is 171 Å². The Labute approximate surface area is 113 Å². The molecule has 0 aliphatic carbocycles. The molecule has 0 heterocycles. The van der Waals surface area contributed by atoms with E-state index >= 15 is 0 Å². The van der Waals surface area contributed by atoms with E-state index in [1.54, 1.807) is 0 Å². The number of hydrogen-bond donors (Lipinski definition) is 5. The monoisotopic (exact) mass is 314 g/mol. The van der Waals surface area contributed by atoms with Crippen molar-refractivity contribution in [3.8, 4) is 0 Å². The summed E-state index contributed by atoms with van der Waals surface area (Å²) in [4.78, 5) is 40.2. The van der Waals surface area contributed by atoms with Gasteiger partial charge in [-0.1, -0.05) is 0 Å². The summed E-state index contributed by atoms with van der Waals surface area (Å²) in [5.41, 5.74) is 0. The number of hydrogen-bond acceptors (Lipinski definition) is 5. The summed E-state index contributed by atoms with van der Waals surface area (Å²) in [5.74, 6) is 0. The van der Waals surface area contributed by atoms with Gasteiger partial charge in [-0.3, -0.25) is 0 Å². The molecule has 0 amide bonds. The van der Waals surface area contributed by atoms with Crippen LogP contribution in [0.1, 0.15) is 2.85 Å². The van der Waals surface area contributed by atoms with Gasteiger partial charge in [-0.2, -0.15) is 8.62 Å². The molecule has 5 N–H and O–H groups in total. The summed E-state index contributed by atoms with van der Waals surface area (Å²) in [7, 11) is -16.2. The fourth-order valence-electron chi connectivity index (χ4n) is 0.284. The maximum atomic E-state index is 10.4. The van der Waals surface area contributed by atoms with Crippen LogP contribution in [0.3, 0.4) is 0 Å². The predicted octanol–water partition coefficient (Wildman–Crippen LogP) is -2.03. The molecule has 0 spiro atoms. The van der Waals surface area contributed by atoms with Crippen molar-refractivity contribution in [3.63, 3.8) is 0 Å². The average molecular weight is 314 g/mol. The molecule has 15 heavy (non-hydrogen) atoms. The minimum absolute atomic E-state index is 0.